The maximum absolute atomic E-state index is 12.1. The third kappa shape index (κ3) is 3.81. The number of nitrogens with zero attached hydrogens (tertiary/aromatic N) is 1. The average Bonchev–Trinajstić information content (AvgIpc) is 2.18. The second kappa shape index (κ2) is 4.83. The number of nitrogen functional groups attached to an aromatic ring is 1. The van der Waals surface area contributed by atoms with Crippen LogP contribution in [0.5, 0.6) is 0 Å². The predicted molar refractivity (Wildman–Crippen MR) is 59.9 cm³/mol. The number of alkyl halides is 3. The molecule has 1 aromatic carbocycles. The van der Waals surface area contributed by atoms with Crippen molar-refractivity contribution in [2.45, 2.75) is 12.6 Å². The van der Waals surface area contributed by atoms with Gasteiger partial charge in [-0.15, -0.1) is 0 Å². The molecule has 0 atom stereocenters. The minimum atomic E-state index is -4.54. The second-order valence-electron chi connectivity index (χ2n) is 3.45. The summed E-state index contributed by atoms with van der Waals surface area (Å²) >= 11 is 5.68. The summed E-state index contributed by atoms with van der Waals surface area (Å²) < 4.78 is 36.2. The van der Waals surface area contributed by atoms with Crippen molar-refractivity contribution in [1.29, 1.82) is 0 Å². The van der Waals surface area contributed by atoms with Crippen LogP contribution in [0.15, 0.2) is 18.2 Å². The molecular formula is C10H10ClF3N2O. The number of carbonyl (C=O) groups excluding carboxylic acids is 1. The summed E-state index contributed by atoms with van der Waals surface area (Å²) in [5.41, 5.74) is 5.90. The van der Waals surface area contributed by atoms with Gasteiger partial charge in [0, 0.05) is 12.1 Å². The van der Waals surface area contributed by atoms with E-state index in [1.807, 2.05) is 0 Å². The Morgan fingerprint density at radius 3 is 2.59 bits per heavy atom. The Bertz CT molecular complexity index is 434. The number of carbonyl (C=O) groups is 1. The lowest BCUT2D eigenvalue weighted by Crippen LogP contribution is -2.31. The van der Waals surface area contributed by atoms with Gasteiger partial charge in [0.25, 0.3) is 0 Å². The Balaban J connectivity index is 2.92. The monoisotopic (exact) mass is 266 g/mol. The highest BCUT2D eigenvalue weighted by Crippen LogP contribution is 2.28. The molecule has 0 unspecified atom stereocenters. The number of benzene rings is 1. The van der Waals surface area contributed by atoms with Crippen LogP contribution in [0.25, 0.3) is 0 Å². The Labute approximate surface area is 101 Å². The highest BCUT2D eigenvalue weighted by atomic mass is 35.5. The highest BCUT2D eigenvalue weighted by molar-refractivity contribution is 6.31. The molecular weight excluding hydrogens is 257 g/mol. The third-order valence-electron chi connectivity index (χ3n) is 2.08. The zero-order valence-corrected chi connectivity index (χ0v) is 9.64. The molecule has 94 valence electrons. The van der Waals surface area contributed by atoms with E-state index in [-0.39, 0.29) is 11.4 Å². The quantitative estimate of drug-likeness (QED) is 0.837. The number of nitrogens with two attached hydrogens (primary N) is 1. The van der Waals surface area contributed by atoms with Crippen LogP contribution in [0, 0.1) is 0 Å². The first-order valence-corrected chi connectivity index (χ1v) is 4.97. The molecule has 0 bridgehead atoms. The van der Waals surface area contributed by atoms with Crippen molar-refractivity contribution in [3.63, 3.8) is 0 Å². The van der Waals surface area contributed by atoms with Crippen molar-refractivity contribution in [3.8, 4) is 0 Å². The summed E-state index contributed by atoms with van der Waals surface area (Å²) in [4.78, 5) is 12.2. The Morgan fingerprint density at radius 2 is 2.06 bits per heavy atom. The van der Waals surface area contributed by atoms with Gasteiger partial charge in [-0.25, -0.2) is 0 Å². The van der Waals surface area contributed by atoms with Crippen LogP contribution in [0.2, 0.25) is 5.02 Å². The second-order valence-corrected chi connectivity index (χ2v) is 3.88. The van der Waals surface area contributed by atoms with Crippen molar-refractivity contribution in [1.82, 2.24) is 0 Å². The first-order chi connectivity index (χ1) is 7.70. The van der Waals surface area contributed by atoms with Crippen LogP contribution in [-0.4, -0.2) is 19.1 Å². The topological polar surface area (TPSA) is 46.3 Å². The molecule has 17 heavy (non-hydrogen) atoms. The van der Waals surface area contributed by atoms with Crippen LogP contribution in [-0.2, 0) is 4.79 Å². The van der Waals surface area contributed by atoms with Crippen LogP contribution < -0.4 is 10.6 Å². The SMILES string of the molecule is CN(C(=O)CC(F)(F)F)c1cc(Cl)ccc1N. The predicted octanol–water partition coefficient (Wildman–Crippen LogP) is 2.84. The van der Waals surface area contributed by atoms with Gasteiger partial charge in [-0.05, 0) is 18.2 Å². The Kier molecular flexibility index (Phi) is 3.87. The maximum atomic E-state index is 12.1. The Morgan fingerprint density at radius 1 is 1.47 bits per heavy atom. The smallest absolute Gasteiger partial charge is 0.397 e. The summed E-state index contributed by atoms with van der Waals surface area (Å²) in [6.07, 6.45) is -6.08. The van der Waals surface area contributed by atoms with E-state index in [0.717, 1.165) is 4.90 Å². The fourth-order valence-electron chi connectivity index (χ4n) is 1.23. The average molecular weight is 267 g/mol. The minimum Gasteiger partial charge on any atom is -0.397 e. The van der Waals surface area contributed by atoms with Gasteiger partial charge in [-0.3, -0.25) is 4.79 Å². The van der Waals surface area contributed by atoms with E-state index in [2.05, 4.69) is 0 Å². The molecule has 1 amide bonds. The molecule has 0 aliphatic rings. The van der Waals surface area contributed by atoms with Gasteiger partial charge in [-0.2, -0.15) is 13.2 Å². The van der Waals surface area contributed by atoms with Crippen molar-refractivity contribution in [2.75, 3.05) is 17.7 Å². The lowest BCUT2D eigenvalue weighted by atomic mass is 10.2. The van der Waals surface area contributed by atoms with Crippen molar-refractivity contribution < 1.29 is 18.0 Å². The van der Waals surface area contributed by atoms with E-state index >= 15 is 0 Å². The van der Waals surface area contributed by atoms with Crippen molar-refractivity contribution >= 4 is 28.9 Å². The van der Waals surface area contributed by atoms with E-state index in [1.54, 1.807) is 0 Å². The molecule has 0 radical (unpaired) electrons. The molecule has 1 aromatic rings. The number of halogens is 4. The molecule has 7 heteroatoms. The first kappa shape index (κ1) is 13.6. The van der Waals surface area contributed by atoms with Crippen LogP contribution >= 0.6 is 11.6 Å². The normalized spacial score (nSPS) is 11.4. The van der Waals surface area contributed by atoms with Crippen LogP contribution in [0.1, 0.15) is 6.42 Å². The van der Waals surface area contributed by atoms with E-state index in [0.29, 0.717) is 5.02 Å². The zero-order chi connectivity index (χ0) is 13.2. The zero-order valence-electron chi connectivity index (χ0n) is 8.88. The molecule has 3 nitrogen and oxygen atoms in total. The molecule has 0 fully saturated rings. The standard InChI is InChI=1S/C10H10ClF3N2O/c1-16(9(17)5-10(12,13)14)8-4-6(11)2-3-7(8)15/h2-4H,5,15H2,1H3. The Hall–Kier alpha value is -1.43. The summed E-state index contributed by atoms with van der Waals surface area (Å²) in [6, 6.07) is 4.25. The van der Waals surface area contributed by atoms with Gasteiger partial charge in [0.2, 0.25) is 5.91 Å². The number of anilines is 2. The number of hydrogen-bond donors (Lipinski definition) is 1. The van der Waals surface area contributed by atoms with Gasteiger partial charge in [-0.1, -0.05) is 11.6 Å². The lowest BCUT2D eigenvalue weighted by Gasteiger charge is -2.20. The van der Waals surface area contributed by atoms with E-state index in [9.17, 15) is 18.0 Å². The molecule has 0 saturated carbocycles. The number of rotatable bonds is 2. The minimum absolute atomic E-state index is 0.159. The van der Waals surface area contributed by atoms with Gasteiger partial charge in [0.05, 0.1) is 11.4 Å². The first-order valence-electron chi connectivity index (χ1n) is 4.59. The lowest BCUT2D eigenvalue weighted by molar-refractivity contribution is -0.151. The van der Waals surface area contributed by atoms with Crippen LogP contribution in [0.4, 0.5) is 24.5 Å². The van der Waals surface area contributed by atoms with Crippen molar-refractivity contribution in [3.05, 3.63) is 23.2 Å². The van der Waals surface area contributed by atoms with E-state index in [4.69, 9.17) is 17.3 Å². The highest BCUT2D eigenvalue weighted by Gasteiger charge is 2.33. The fraction of sp³-hybridized carbons (Fsp3) is 0.300. The van der Waals surface area contributed by atoms with E-state index in [1.165, 1.54) is 25.2 Å². The third-order valence-corrected chi connectivity index (χ3v) is 2.31. The van der Waals surface area contributed by atoms with Gasteiger partial charge >= 0.3 is 6.18 Å². The molecule has 0 saturated heterocycles. The molecule has 0 aliphatic carbocycles. The molecule has 1 rings (SSSR count). The van der Waals surface area contributed by atoms with Crippen LogP contribution in [0.3, 0.4) is 0 Å². The molecule has 0 spiro atoms. The van der Waals surface area contributed by atoms with E-state index < -0.39 is 18.5 Å². The van der Waals surface area contributed by atoms with Crippen molar-refractivity contribution in [2.24, 2.45) is 0 Å². The van der Waals surface area contributed by atoms with Gasteiger partial charge in [0.15, 0.2) is 0 Å². The summed E-state index contributed by atoms with van der Waals surface area (Å²) in [6.45, 7) is 0. The summed E-state index contributed by atoms with van der Waals surface area (Å²) in [7, 11) is 1.22. The summed E-state index contributed by atoms with van der Waals surface area (Å²) in [5.74, 6) is -1.09. The van der Waals surface area contributed by atoms with Gasteiger partial charge < -0.3 is 10.6 Å². The maximum Gasteiger partial charge on any atom is 0.397 e. The molecule has 0 aliphatic heterocycles. The fourth-order valence-corrected chi connectivity index (χ4v) is 1.40. The number of amides is 1. The number of hydrogen-bond acceptors (Lipinski definition) is 2. The summed E-state index contributed by atoms with van der Waals surface area (Å²) in [5, 5.41) is 0.292. The molecule has 0 heterocycles. The molecule has 2 N–H and O–H groups in total. The molecule has 0 aromatic heterocycles. The largest absolute Gasteiger partial charge is 0.397 e. The van der Waals surface area contributed by atoms with Gasteiger partial charge in [0.1, 0.15) is 6.42 Å².